The second-order valence-corrected chi connectivity index (χ2v) is 4.26. The van der Waals surface area contributed by atoms with Crippen molar-refractivity contribution in [2.45, 2.75) is 19.4 Å². The molecule has 1 aromatic rings. The minimum Gasteiger partial charge on any atom is -0.493 e. The van der Waals surface area contributed by atoms with Crippen molar-refractivity contribution >= 4 is 11.6 Å². The molecule has 84 valence electrons. The highest BCUT2D eigenvalue weighted by Crippen LogP contribution is 2.40. The van der Waals surface area contributed by atoms with Crippen LogP contribution in [0.25, 0.3) is 0 Å². The molecule has 1 aromatic carbocycles. The van der Waals surface area contributed by atoms with Gasteiger partial charge in [-0.25, -0.2) is 0 Å². The molecule has 1 rings (SSSR count). The molecular formula is C11H16ClNO2. The zero-order valence-corrected chi connectivity index (χ0v) is 10.2. The minimum absolute atomic E-state index is 0.503. The number of methoxy groups -OCH3 is 2. The second-order valence-electron chi connectivity index (χ2n) is 3.88. The van der Waals surface area contributed by atoms with Gasteiger partial charge in [0.1, 0.15) is 0 Å². The van der Waals surface area contributed by atoms with E-state index in [1.165, 1.54) is 0 Å². The van der Waals surface area contributed by atoms with Crippen LogP contribution in [0.1, 0.15) is 19.4 Å². The zero-order chi connectivity index (χ0) is 11.6. The van der Waals surface area contributed by atoms with Gasteiger partial charge in [-0.15, -0.1) is 0 Å². The Balaban J connectivity index is 3.36. The van der Waals surface area contributed by atoms with Crippen LogP contribution >= 0.6 is 11.6 Å². The Morgan fingerprint density at radius 3 is 2.20 bits per heavy atom. The normalized spacial score (nSPS) is 11.3. The topological polar surface area (TPSA) is 44.5 Å². The van der Waals surface area contributed by atoms with Crippen LogP contribution in [0.15, 0.2) is 12.1 Å². The molecule has 0 atom stereocenters. The van der Waals surface area contributed by atoms with Gasteiger partial charge in [-0.2, -0.15) is 0 Å². The van der Waals surface area contributed by atoms with Gasteiger partial charge >= 0.3 is 0 Å². The van der Waals surface area contributed by atoms with E-state index in [2.05, 4.69) is 0 Å². The number of ether oxygens (including phenoxy) is 2. The van der Waals surface area contributed by atoms with Crippen LogP contribution in [-0.2, 0) is 5.54 Å². The Hall–Kier alpha value is -0.930. The third-order valence-electron chi connectivity index (χ3n) is 2.18. The predicted octanol–water partition coefficient (Wildman–Crippen LogP) is 2.55. The summed E-state index contributed by atoms with van der Waals surface area (Å²) in [5.41, 5.74) is 6.32. The fourth-order valence-electron chi connectivity index (χ4n) is 1.39. The smallest absolute Gasteiger partial charge is 0.179 e. The van der Waals surface area contributed by atoms with E-state index in [9.17, 15) is 0 Å². The number of hydrogen-bond donors (Lipinski definition) is 1. The van der Waals surface area contributed by atoms with Crippen molar-refractivity contribution < 1.29 is 9.47 Å². The molecule has 15 heavy (non-hydrogen) atoms. The summed E-state index contributed by atoms with van der Waals surface area (Å²) in [6, 6.07) is 3.65. The third-order valence-corrected chi connectivity index (χ3v) is 2.55. The molecule has 0 aliphatic carbocycles. The van der Waals surface area contributed by atoms with Crippen molar-refractivity contribution in [2.24, 2.45) is 5.73 Å². The van der Waals surface area contributed by atoms with Crippen LogP contribution in [0, 0.1) is 0 Å². The average molecular weight is 230 g/mol. The summed E-state index contributed by atoms with van der Waals surface area (Å²) >= 11 is 6.19. The first-order valence-corrected chi connectivity index (χ1v) is 4.99. The highest BCUT2D eigenvalue weighted by atomic mass is 35.5. The summed E-state index contributed by atoms with van der Waals surface area (Å²) in [4.78, 5) is 0. The van der Waals surface area contributed by atoms with Gasteiger partial charge in [0, 0.05) is 5.54 Å². The van der Waals surface area contributed by atoms with Crippen molar-refractivity contribution in [3.8, 4) is 11.5 Å². The Morgan fingerprint density at radius 1 is 1.20 bits per heavy atom. The highest BCUT2D eigenvalue weighted by Gasteiger charge is 2.22. The standard InChI is InChI=1S/C11H16ClNO2/c1-11(2,13)7-5-6-8(14-3)10(15-4)9(7)12/h5-6H,13H2,1-4H3. The lowest BCUT2D eigenvalue weighted by Gasteiger charge is -2.22. The van der Waals surface area contributed by atoms with Crippen molar-refractivity contribution in [1.82, 2.24) is 0 Å². The first kappa shape index (κ1) is 12.1. The summed E-state index contributed by atoms with van der Waals surface area (Å²) in [6.45, 7) is 3.78. The fraction of sp³-hybridized carbons (Fsp3) is 0.455. The van der Waals surface area contributed by atoms with Crippen LogP contribution < -0.4 is 15.2 Å². The first-order chi connectivity index (χ1) is 6.91. The highest BCUT2D eigenvalue weighted by molar-refractivity contribution is 6.33. The molecule has 0 saturated carbocycles. The predicted molar refractivity (Wildman–Crippen MR) is 61.8 cm³/mol. The number of hydrogen-bond acceptors (Lipinski definition) is 3. The number of rotatable bonds is 3. The van der Waals surface area contributed by atoms with Gasteiger partial charge in [0.2, 0.25) is 0 Å². The largest absolute Gasteiger partial charge is 0.493 e. The maximum Gasteiger partial charge on any atom is 0.179 e. The van der Waals surface area contributed by atoms with Crippen LogP contribution in [0.4, 0.5) is 0 Å². The molecule has 0 aromatic heterocycles. The molecule has 0 unspecified atom stereocenters. The van der Waals surface area contributed by atoms with Crippen molar-refractivity contribution in [1.29, 1.82) is 0 Å². The van der Waals surface area contributed by atoms with Crippen LogP contribution in [-0.4, -0.2) is 14.2 Å². The fourth-order valence-corrected chi connectivity index (χ4v) is 1.86. The molecule has 3 nitrogen and oxygen atoms in total. The molecule has 0 aliphatic heterocycles. The van der Waals surface area contributed by atoms with Gasteiger partial charge in [-0.1, -0.05) is 17.7 Å². The molecule has 0 spiro atoms. The molecule has 0 fully saturated rings. The molecule has 0 radical (unpaired) electrons. The Kier molecular flexibility index (Phi) is 3.47. The molecule has 0 bridgehead atoms. The number of benzene rings is 1. The van der Waals surface area contributed by atoms with Crippen molar-refractivity contribution in [2.75, 3.05) is 14.2 Å². The van der Waals surface area contributed by atoms with Crippen molar-refractivity contribution in [3.05, 3.63) is 22.7 Å². The molecule has 4 heteroatoms. The van der Waals surface area contributed by atoms with Crippen LogP contribution in [0.2, 0.25) is 5.02 Å². The monoisotopic (exact) mass is 229 g/mol. The van der Waals surface area contributed by atoms with Crippen LogP contribution in [0.3, 0.4) is 0 Å². The molecule has 0 saturated heterocycles. The van der Waals surface area contributed by atoms with Crippen LogP contribution in [0.5, 0.6) is 11.5 Å². The lowest BCUT2D eigenvalue weighted by Crippen LogP contribution is -2.29. The van der Waals surface area contributed by atoms with E-state index >= 15 is 0 Å². The summed E-state index contributed by atoms with van der Waals surface area (Å²) in [6.07, 6.45) is 0. The van der Waals surface area contributed by atoms with Gasteiger partial charge in [0.05, 0.1) is 19.2 Å². The summed E-state index contributed by atoms with van der Waals surface area (Å²) in [5, 5.41) is 0.504. The third kappa shape index (κ3) is 2.36. The van der Waals surface area contributed by atoms with Gasteiger partial charge in [0.15, 0.2) is 11.5 Å². The Labute approximate surface area is 95.1 Å². The quantitative estimate of drug-likeness (QED) is 0.867. The SMILES string of the molecule is COc1ccc(C(C)(C)N)c(Cl)c1OC. The van der Waals surface area contributed by atoms with E-state index in [-0.39, 0.29) is 0 Å². The lowest BCUT2D eigenvalue weighted by molar-refractivity contribution is 0.353. The zero-order valence-electron chi connectivity index (χ0n) is 9.43. The second kappa shape index (κ2) is 4.29. The minimum atomic E-state index is -0.503. The molecule has 0 heterocycles. The lowest BCUT2D eigenvalue weighted by atomic mass is 9.95. The molecular weight excluding hydrogens is 214 g/mol. The van der Waals surface area contributed by atoms with Gasteiger partial charge in [0.25, 0.3) is 0 Å². The maximum absolute atomic E-state index is 6.19. The maximum atomic E-state index is 6.19. The average Bonchev–Trinajstić information content (AvgIpc) is 2.15. The summed E-state index contributed by atoms with van der Waals surface area (Å²) in [7, 11) is 3.12. The van der Waals surface area contributed by atoms with E-state index in [0.29, 0.717) is 16.5 Å². The van der Waals surface area contributed by atoms with Gasteiger partial charge in [-0.05, 0) is 25.5 Å². The van der Waals surface area contributed by atoms with E-state index in [1.807, 2.05) is 19.9 Å². The van der Waals surface area contributed by atoms with Gasteiger partial charge in [-0.3, -0.25) is 0 Å². The van der Waals surface area contributed by atoms with Gasteiger partial charge < -0.3 is 15.2 Å². The number of halogens is 1. The van der Waals surface area contributed by atoms with E-state index in [1.54, 1.807) is 20.3 Å². The Morgan fingerprint density at radius 2 is 1.80 bits per heavy atom. The summed E-state index contributed by atoms with van der Waals surface area (Å²) < 4.78 is 10.3. The van der Waals surface area contributed by atoms with E-state index in [4.69, 9.17) is 26.8 Å². The van der Waals surface area contributed by atoms with Crippen molar-refractivity contribution in [3.63, 3.8) is 0 Å². The van der Waals surface area contributed by atoms with E-state index < -0.39 is 5.54 Å². The molecule has 0 amide bonds. The molecule has 0 aliphatic rings. The number of nitrogens with two attached hydrogens (primary N) is 1. The van der Waals surface area contributed by atoms with E-state index in [0.717, 1.165) is 5.56 Å². The Bertz CT molecular complexity index is 358. The first-order valence-electron chi connectivity index (χ1n) is 4.61. The summed E-state index contributed by atoms with van der Waals surface area (Å²) in [5.74, 6) is 1.13. The molecule has 2 N–H and O–H groups in total.